The smallest absolute Gasteiger partial charge is 0.0521 e. The van der Waals surface area contributed by atoms with Crippen molar-refractivity contribution in [3.8, 4) is 0 Å². The Hall–Kier alpha value is -0.830. The second-order valence-electron chi connectivity index (χ2n) is 5.29. The molecule has 0 aliphatic heterocycles. The van der Waals surface area contributed by atoms with Gasteiger partial charge in [-0.05, 0) is 37.3 Å². The number of hydrogen-bond acceptors (Lipinski definition) is 2. The Morgan fingerprint density at radius 2 is 2.18 bits per heavy atom. The van der Waals surface area contributed by atoms with Crippen LogP contribution in [-0.2, 0) is 13.5 Å². The van der Waals surface area contributed by atoms with Crippen molar-refractivity contribution >= 4 is 0 Å². The number of aromatic nitrogens is 2. The van der Waals surface area contributed by atoms with Crippen LogP contribution >= 0.6 is 0 Å². The molecule has 0 amide bonds. The van der Waals surface area contributed by atoms with Crippen molar-refractivity contribution < 1.29 is 0 Å². The molecule has 0 radical (unpaired) electrons. The van der Waals surface area contributed by atoms with Crippen molar-refractivity contribution in [3.05, 3.63) is 18.0 Å². The summed E-state index contributed by atoms with van der Waals surface area (Å²) in [5.41, 5.74) is 1.39. The van der Waals surface area contributed by atoms with Gasteiger partial charge in [0.05, 0.1) is 6.20 Å². The number of hydrogen-bond donors (Lipinski definition) is 1. The maximum atomic E-state index is 4.27. The number of nitrogens with one attached hydrogen (secondary N) is 1. The summed E-state index contributed by atoms with van der Waals surface area (Å²) in [4.78, 5) is 0. The van der Waals surface area contributed by atoms with E-state index in [0.717, 1.165) is 12.5 Å². The highest BCUT2D eigenvalue weighted by Crippen LogP contribution is 2.26. The molecule has 1 saturated carbocycles. The summed E-state index contributed by atoms with van der Waals surface area (Å²) >= 11 is 0. The van der Waals surface area contributed by atoms with Gasteiger partial charge in [-0.3, -0.25) is 4.68 Å². The lowest BCUT2D eigenvalue weighted by Gasteiger charge is -2.25. The number of nitrogens with zero attached hydrogens (tertiary/aromatic N) is 2. The highest BCUT2D eigenvalue weighted by Gasteiger charge is 2.23. The molecule has 2 rings (SSSR count). The topological polar surface area (TPSA) is 29.9 Å². The van der Waals surface area contributed by atoms with Gasteiger partial charge in [-0.2, -0.15) is 5.10 Å². The lowest BCUT2D eigenvalue weighted by molar-refractivity contribution is 0.337. The average molecular weight is 235 g/mol. The zero-order chi connectivity index (χ0) is 12.1. The first-order valence-electron chi connectivity index (χ1n) is 7.00. The molecule has 0 spiro atoms. The van der Waals surface area contributed by atoms with E-state index in [1.54, 1.807) is 0 Å². The van der Waals surface area contributed by atoms with E-state index in [1.165, 1.54) is 44.1 Å². The number of aryl methyl sites for hydroxylation is 1. The van der Waals surface area contributed by atoms with Crippen LogP contribution in [0.15, 0.2) is 12.4 Å². The lowest BCUT2D eigenvalue weighted by Crippen LogP contribution is -2.36. The van der Waals surface area contributed by atoms with Crippen molar-refractivity contribution in [2.24, 2.45) is 13.0 Å². The molecule has 1 N–H and O–H groups in total. The second-order valence-corrected chi connectivity index (χ2v) is 5.29. The standard InChI is InChI=1S/C14H25N3/c1-3-15-14-8-6-4-5-7-13(14)9-12-10-16-17(2)11-12/h10-11,13-15H,3-9H2,1-2H3. The zero-order valence-corrected chi connectivity index (χ0v) is 11.2. The second kappa shape index (κ2) is 6.20. The number of rotatable bonds is 4. The SMILES string of the molecule is CCNC1CCCCCC1Cc1cnn(C)c1. The van der Waals surface area contributed by atoms with Crippen LogP contribution in [-0.4, -0.2) is 22.4 Å². The van der Waals surface area contributed by atoms with E-state index in [2.05, 4.69) is 23.5 Å². The summed E-state index contributed by atoms with van der Waals surface area (Å²) < 4.78 is 1.91. The molecule has 2 atom stereocenters. The first kappa shape index (κ1) is 12.6. The van der Waals surface area contributed by atoms with Gasteiger partial charge in [0.15, 0.2) is 0 Å². The van der Waals surface area contributed by atoms with Crippen LogP contribution in [0.1, 0.15) is 44.6 Å². The van der Waals surface area contributed by atoms with E-state index >= 15 is 0 Å². The molecule has 1 aliphatic carbocycles. The Kier molecular flexibility index (Phi) is 4.60. The normalized spacial score (nSPS) is 25.8. The zero-order valence-electron chi connectivity index (χ0n) is 11.2. The van der Waals surface area contributed by atoms with E-state index in [0.29, 0.717) is 6.04 Å². The Morgan fingerprint density at radius 3 is 2.88 bits per heavy atom. The molecule has 96 valence electrons. The van der Waals surface area contributed by atoms with Gasteiger partial charge in [-0.15, -0.1) is 0 Å². The highest BCUT2D eigenvalue weighted by molar-refractivity contribution is 5.06. The molecule has 0 aromatic carbocycles. The molecule has 1 fully saturated rings. The summed E-state index contributed by atoms with van der Waals surface area (Å²) in [5, 5.41) is 7.95. The van der Waals surface area contributed by atoms with Crippen molar-refractivity contribution in [2.45, 2.75) is 51.5 Å². The van der Waals surface area contributed by atoms with Gasteiger partial charge in [0.1, 0.15) is 0 Å². The predicted molar refractivity (Wildman–Crippen MR) is 71.0 cm³/mol. The third-order valence-corrected chi connectivity index (χ3v) is 3.88. The van der Waals surface area contributed by atoms with Crippen LogP contribution in [0.3, 0.4) is 0 Å². The minimum Gasteiger partial charge on any atom is -0.314 e. The Morgan fingerprint density at radius 1 is 1.35 bits per heavy atom. The molecule has 1 heterocycles. The fourth-order valence-electron chi connectivity index (χ4n) is 3.04. The van der Waals surface area contributed by atoms with Crippen LogP contribution in [0.2, 0.25) is 0 Å². The van der Waals surface area contributed by atoms with Crippen LogP contribution in [0.25, 0.3) is 0 Å². The minimum atomic E-state index is 0.711. The van der Waals surface area contributed by atoms with Gasteiger partial charge in [0.2, 0.25) is 0 Å². The molecule has 3 heteroatoms. The maximum absolute atomic E-state index is 4.27. The Balaban J connectivity index is 1.99. The van der Waals surface area contributed by atoms with E-state index in [-0.39, 0.29) is 0 Å². The predicted octanol–water partition coefficient (Wildman–Crippen LogP) is 2.52. The fourth-order valence-corrected chi connectivity index (χ4v) is 3.04. The summed E-state index contributed by atoms with van der Waals surface area (Å²) in [6, 6.07) is 0.711. The van der Waals surface area contributed by atoms with Gasteiger partial charge >= 0.3 is 0 Å². The van der Waals surface area contributed by atoms with Crippen LogP contribution < -0.4 is 5.32 Å². The third kappa shape index (κ3) is 3.56. The van der Waals surface area contributed by atoms with Crippen molar-refractivity contribution in [1.29, 1.82) is 0 Å². The molecule has 2 unspecified atom stereocenters. The molecule has 1 aromatic rings. The minimum absolute atomic E-state index is 0.711. The van der Waals surface area contributed by atoms with E-state index < -0.39 is 0 Å². The van der Waals surface area contributed by atoms with E-state index in [1.807, 2.05) is 17.9 Å². The molecular formula is C14H25N3. The van der Waals surface area contributed by atoms with Crippen molar-refractivity contribution in [3.63, 3.8) is 0 Å². The first-order valence-corrected chi connectivity index (χ1v) is 7.00. The van der Waals surface area contributed by atoms with Gasteiger partial charge in [-0.1, -0.05) is 26.2 Å². The lowest BCUT2D eigenvalue weighted by atomic mass is 9.89. The van der Waals surface area contributed by atoms with Crippen molar-refractivity contribution in [1.82, 2.24) is 15.1 Å². The van der Waals surface area contributed by atoms with E-state index in [4.69, 9.17) is 0 Å². The highest BCUT2D eigenvalue weighted by atomic mass is 15.2. The summed E-state index contributed by atoms with van der Waals surface area (Å²) in [5.74, 6) is 0.793. The molecule has 17 heavy (non-hydrogen) atoms. The Bertz CT molecular complexity index is 332. The van der Waals surface area contributed by atoms with Crippen molar-refractivity contribution in [2.75, 3.05) is 6.54 Å². The van der Waals surface area contributed by atoms with Crippen LogP contribution in [0.5, 0.6) is 0 Å². The van der Waals surface area contributed by atoms with Gasteiger partial charge in [0, 0.05) is 19.3 Å². The van der Waals surface area contributed by atoms with E-state index in [9.17, 15) is 0 Å². The fraction of sp³-hybridized carbons (Fsp3) is 0.786. The van der Waals surface area contributed by atoms with Gasteiger partial charge in [-0.25, -0.2) is 0 Å². The third-order valence-electron chi connectivity index (χ3n) is 3.88. The van der Waals surface area contributed by atoms with Crippen LogP contribution in [0, 0.1) is 5.92 Å². The molecular weight excluding hydrogens is 210 g/mol. The maximum Gasteiger partial charge on any atom is 0.0521 e. The molecule has 0 bridgehead atoms. The molecule has 0 saturated heterocycles. The molecule has 3 nitrogen and oxygen atoms in total. The Labute approximate surface area is 105 Å². The summed E-state index contributed by atoms with van der Waals surface area (Å²) in [6.45, 7) is 3.31. The average Bonchev–Trinajstić information content (AvgIpc) is 2.58. The largest absolute Gasteiger partial charge is 0.314 e. The molecule has 1 aromatic heterocycles. The first-order chi connectivity index (χ1) is 8.29. The van der Waals surface area contributed by atoms with Crippen LogP contribution in [0.4, 0.5) is 0 Å². The summed E-state index contributed by atoms with van der Waals surface area (Å²) in [7, 11) is 2.00. The van der Waals surface area contributed by atoms with Gasteiger partial charge < -0.3 is 5.32 Å². The molecule has 1 aliphatic rings. The monoisotopic (exact) mass is 235 g/mol. The van der Waals surface area contributed by atoms with Gasteiger partial charge in [0.25, 0.3) is 0 Å². The summed E-state index contributed by atoms with van der Waals surface area (Å²) in [6.07, 6.45) is 12.3. The quantitative estimate of drug-likeness (QED) is 0.813.